The fourth-order valence-electron chi connectivity index (χ4n) is 2.85. The van der Waals surface area contributed by atoms with Crippen molar-refractivity contribution < 1.29 is 4.74 Å². The third-order valence-electron chi connectivity index (χ3n) is 4.04. The van der Waals surface area contributed by atoms with E-state index in [0.29, 0.717) is 6.04 Å². The molecule has 0 bridgehead atoms. The first-order valence-corrected chi connectivity index (χ1v) is 7.67. The summed E-state index contributed by atoms with van der Waals surface area (Å²) in [5.41, 5.74) is 2.64. The molecule has 2 rings (SSSR count). The van der Waals surface area contributed by atoms with Gasteiger partial charge in [0.15, 0.2) is 0 Å². The second-order valence-electron chi connectivity index (χ2n) is 5.71. The van der Waals surface area contributed by atoms with Crippen molar-refractivity contribution in [1.82, 2.24) is 5.32 Å². The monoisotopic (exact) mass is 261 g/mol. The Labute approximate surface area is 117 Å². The van der Waals surface area contributed by atoms with E-state index in [2.05, 4.69) is 43.4 Å². The van der Waals surface area contributed by atoms with Gasteiger partial charge in [0.05, 0.1) is 12.6 Å². The maximum atomic E-state index is 5.95. The maximum absolute atomic E-state index is 5.95. The van der Waals surface area contributed by atoms with Crippen molar-refractivity contribution in [3.8, 4) is 0 Å². The van der Waals surface area contributed by atoms with E-state index in [9.17, 15) is 0 Å². The van der Waals surface area contributed by atoms with Crippen LogP contribution in [0.25, 0.3) is 0 Å². The molecule has 0 heterocycles. The van der Waals surface area contributed by atoms with Crippen LogP contribution in [0.2, 0.25) is 0 Å². The van der Waals surface area contributed by atoms with Gasteiger partial charge in [0, 0.05) is 6.61 Å². The van der Waals surface area contributed by atoms with Crippen molar-refractivity contribution in [3.63, 3.8) is 0 Å². The quantitative estimate of drug-likeness (QED) is 0.805. The van der Waals surface area contributed by atoms with Gasteiger partial charge in [0.2, 0.25) is 0 Å². The fraction of sp³-hybridized carbons (Fsp3) is 0.647. The molecule has 1 saturated carbocycles. The molecule has 1 unspecified atom stereocenters. The summed E-state index contributed by atoms with van der Waals surface area (Å²) in [7, 11) is 0. The molecule has 0 spiro atoms. The molecule has 0 saturated heterocycles. The van der Waals surface area contributed by atoms with E-state index in [1.807, 2.05) is 0 Å². The number of nitrogens with one attached hydrogen (secondary N) is 1. The molecule has 1 atom stereocenters. The highest BCUT2D eigenvalue weighted by Gasteiger charge is 2.16. The highest BCUT2D eigenvalue weighted by atomic mass is 16.5. The summed E-state index contributed by atoms with van der Waals surface area (Å²) >= 11 is 0. The zero-order valence-corrected chi connectivity index (χ0v) is 12.3. The Balaban J connectivity index is 1.82. The molecule has 1 aliphatic rings. The normalized spacial score (nSPS) is 17.8. The third-order valence-corrected chi connectivity index (χ3v) is 4.04. The molecule has 1 N–H and O–H groups in total. The maximum Gasteiger partial charge on any atom is 0.0661 e. The van der Waals surface area contributed by atoms with Gasteiger partial charge in [0.1, 0.15) is 0 Å². The first-order valence-electron chi connectivity index (χ1n) is 7.67. The van der Waals surface area contributed by atoms with Crippen molar-refractivity contribution in [1.29, 1.82) is 0 Å². The van der Waals surface area contributed by atoms with Crippen molar-refractivity contribution in [2.75, 3.05) is 19.8 Å². The molecular formula is C17H27NO. The molecule has 1 aliphatic carbocycles. The summed E-state index contributed by atoms with van der Waals surface area (Å²) in [5, 5.41) is 3.52. The molecule has 1 fully saturated rings. The van der Waals surface area contributed by atoms with Crippen molar-refractivity contribution in [3.05, 3.63) is 35.4 Å². The summed E-state index contributed by atoms with van der Waals surface area (Å²) in [6.45, 7) is 6.98. The Morgan fingerprint density at radius 1 is 1.21 bits per heavy atom. The van der Waals surface area contributed by atoms with Crippen LogP contribution in [0.4, 0.5) is 0 Å². The van der Waals surface area contributed by atoms with E-state index >= 15 is 0 Å². The second-order valence-corrected chi connectivity index (χ2v) is 5.71. The minimum Gasteiger partial charge on any atom is -0.379 e. The number of hydrogen-bond acceptors (Lipinski definition) is 2. The van der Waals surface area contributed by atoms with Crippen LogP contribution in [0.5, 0.6) is 0 Å². The number of rotatable bonds is 7. The number of likely N-dealkylation sites (N-methyl/N-ethyl adjacent to an activating group) is 1. The van der Waals surface area contributed by atoms with Gasteiger partial charge in [-0.1, -0.05) is 49.6 Å². The van der Waals surface area contributed by atoms with E-state index in [0.717, 1.165) is 25.7 Å². The van der Waals surface area contributed by atoms with E-state index < -0.39 is 0 Å². The van der Waals surface area contributed by atoms with E-state index in [1.165, 1.54) is 36.8 Å². The molecule has 106 valence electrons. The molecule has 0 aliphatic heterocycles. The Hall–Kier alpha value is -0.860. The van der Waals surface area contributed by atoms with Crippen LogP contribution in [-0.4, -0.2) is 19.8 Å². The summed E-state index contributed by atoms with van der Waals surface area (Å²) < 4.78 is 5.95. The number of benzene rings is 1. The molecule has 2 nitrogen and oxygen atoms in total. The molecular weight excluding hydrogens is 234 g/mol. The number of aryl methyl sites for hydroxylation is 1. The van der Waals surface area contributed by atoms with Crippen molar-refractivity contribution >= 4 is 0 Å². The Morgan fingerprint density at radius 3 is 2.53 bits per heavy atom. The predicted molar refractivity (Wildman–Crippen MR) is 80.4 cm³/mol. The Kier molecular flexibility index (Phi) is 5.87. The first kappa shape index (κ1) is 14.5. The van der Waals surface area contributed by atoms with Crippen LogP contribution in [-0.2, 0) is 4.74 Å². The SMILES string of the molecule is CCNC(COCC1CCCC1)c1ccc(C)cc1. The third kappa shape index (κ3) is 4.63. The van der Waals surface area contributed by atoms with E-state index in [-0.39, 0.29) is 0 Å². The van der Waals surface area contributed by atoms with Gasteiger partial charge in [-0.05, 0) is 37.8 Å². The molecule has 0 amide bonds. The highest BCUT2D eigenvalue weighted by Crippen LogP contribution is 2.25. The minimum absolute atomic E-state index is 0.326. The zero-order valence-electron chi connectivity index (χ0n) is 12.3. The fourth-order valence-corrected chi connectivity index (χ4v) is 2.85. The molecule has 0 radical (unpaired) electrons. The minimum atomic E-state index is 0.326. The van der Waals surface area contributed by atoms with Gasteiger partial charge in [-0.15, -0.1) is 0 Å². The van der Waals surface area contributed by atoms with Crippen LogP contribution in [0, 0.1) is 12.8 Å². The summed E-state index contributed by atoms with van der Waals surface area (Å²) in [6, 6.07) is 9.10. The van der Waals surface area contributed by atoms with Crippen LogP contribution < -0.4 is 5.32 Å². The van der Waals surface area contributed by atoms with Crippen LogP contribution >= 0.6 is 0 Å². The smallest absolute Gasteiger partial charge is 0.0661 e. The van der Waals surface area contributed by atoms with Gasteiger partial charge in [-0.2, -0.15) is 0 Å². The lowest BCUT2D eigenvalue weighted by Gasteiger charge is -2.20. The van der Waals surface area contributed by atoms with Crippen molar-refractivity contribution in [2.24, 2.45) is 5.92 Å². The number of ether oxygens (including phenoxy) is 1. The summed E-state index contributed by atoms with van der Waals surface area (Å²) in [6.07, 6.45) is 5.50. The lowest BCUT2D eigenvalue weighted by molar-refractivity contribution is 0.0831. The molecule has 2 heteroatoms. The van der Waals surface area contributed by atoms with Gasteiger partial charge in [-0.25, -0.2) is 0 Å². The molecule has 0 aromatic heterocycles. The predicted octanol–water partition coefficient (Wildman–Crippen LogP) is 3.85. The highest BCUT2D eigenvalue weighted by molar-refractivity contribution is 5.24. The van der Waals surface area contributed by atoms with Crippen LogP contribution in [0.3, 0.4) is 0 Å². The van der Waals surface area contributed by atoms with Crippen LogP contribution in [0.1, 0.15) is 49.8 Å². The molecule has 1 aromatic carbocycles. The lowest BCUT2D eigenvalue weighted by atomic mass is 10.1. The van der Waals surface area contributed by atoms with Crippen molar-refractivity contribution in [2.45, 2.75) is 45.6 Å². The Bertz CT molecular complexity index is 354. The van der Waals surface area contributed by atoms with E-state index in [4.69, 9.17) is 4.74 Å². The van der Waals surface area contributed by atoms with Gasteiger partial charge in [0.25, 0.3) is 0 Å². The standard InChI is InChI=1S/C17H27NO/c1-3-18-17(16-10-8-14(2)9-11-16)13-19-12-15-6-4-5-7-15/h8-11,15,17-18H,3-7,12-13H2,1-2H3. The topological polar surface area (TPSA) is 21.3 Å². The van der Waals surface area contributed by atoms with Gasteiger partial charge >= 0.3 is 0 Å². The zero-order chi connectivity index (χ0) is 13.5. The van der Waals surface area contributed by atoms with E-state index in [1.54, 1.807) is 0 Å². The average molecular weight is 261 g/mol. The van der Waals surface area contributed by atoms with Gasteiger partial charge < -0.3 is 10.1 Å². The molecule has 19 heavy (non-hydrogen) atoms. The first-order chi connectivity index (χ1) is 9.29. The van der Waals surface area contributed by atoms with Crippen LogP contribution in [0.15, 0.2) is 24.3 Å². The average Bonchev–Trinajstić information content (AvgIpc) is 2.92. The van der Waals surface area contributed by atoms with Gasteiger partial charge in [-0.3, -0.25) is 0 Å². The lowest BCUT2D eigenvalue weighted by Crippen LogP contribution is -2.26. The molecule has 1 aromatic rings. The summed E-state index contributed by atoms with van der Waals surface area (Å²) in [5.74, 6) is 0.806. The Morgan fingerprint density at radius 2 is 1.89 bits per heavy atom. The second kappa shape index (κ2) is 7.66. The number of hydrogen-bond donors (Lipinski definition) is 1. The largest absolute Gasteiger partial charge is 0.379 e. The summed E-state index contributed by atoms with van der Waals surface area (Å²) in [4.78, 5) is 0.